The summed E-state index contributed by atoms with van der Waals surface area (Å²) in [6.45, 7) is 3.19. The number of hydrogen-bond acceptors (Lipinski definition) is 3. The Morgan fingerprint density at radius 2 is 2.42 bits per heavy atom. The summed E-state index contributed by atoms with van der Waals surface area (Å²) in [5.74, 6) is 0. The maximum absolute atomic E-state index is 8.96. The second-order valence-electron chi connectivity index (χ2n) is 3.30. The number of rotatable bonds is 4. The van der Waals surface area contributed by atoms with Crippen molar-refractivity contribution >= 4 is 0 Å². The zero-order chi connectivity index (χ0) is 8.81. The Bertz CT molecular complexity index is 108. The SMILES string of the molecule is CC(O)CCO[C@H]1CCCCO1. The molecule has 0 radical (unpaired) electrons. The average molecular weight is 174 g/mol. The topological polar surface area (TPSA) is 38.7 Å². The number of hydrogen-bond donors (Lipinski definition) is 1. The summed E-state index contributed by atoms with van der Waals surface area (Å²) >= 11 is 0. The van der Waals surface area contributed by atoms with Crippen LogP contribution >= 0.6 is 0 Å². The largest absolute Gasteiger partial charge is 0.393 e. The van der Waals surface area contributed by atoms with Crippen LogP contribution in [0.1, 0.15) is 32.6 Å². The molecule has 1 N–H and O–H groups in total. The molecule has 72 valence electrons. The van der Waals surface area contributed by atoms with Gasteiger partial charge in [0.05, 0.1) is 12.7 Å². The summed E-state index contributed by atoms with van der Waals surface area (Å²) in [4.78, 5) is 0. The van der Waals surface area contributed by atoms with Gasteiger partial charge in [-0.2, -0.15) is 0 Å². The lowest BCUT2D eigenvalue weighted by atomic mass is 10.2. The summed E-state index contributed by atoms with van der Waals surface area (Å²) in [6.07, 6.45) is 3.75. The minimum atomic E-state index is -0.270. The van der Waals surface area contributed by atoms with Gasteiger partial charge in [0.15, 0.2) is 6.29 Å². The quantitative estimate of drug-likeness (QED) is 0.698. The molecule has 0 spiro atoms. The third-order valence-corrected chi connectivity index (χ3v) is 1.98. The Kier molecular flexibility index (Phi) is 4.58. The van der Waals surface area contributed by atoms with E-state index in [0.717, 1.165) is 19.4 Å². The minimum absolute atomic E-state index is 0.0162. The molecule has 0 bridgehead atoms. The normalized spacial score (nSPS) is 27.0. The number of aliphatic hydroxyl groups excluding tert-OH is 1. The van der Waals surface area contributed by atoms with Crippen LogP contribution in [-0.2, 0) is 9.47 Å². The Morgan fingerprint density at radius 1 is 1.58 bits per heavy atom. The molecule has 1 aliphatic heterocycles. The summed E-state index contributed by atoms with van der Waals surface area (Å²) in [6, 6.07) is 0. The minimum Gasteiger partial charge on any atom is -0.393 e. The number of ether oxygens (including phenoxy) is 2. The third kappa shape index (κ3) is 4.04. The molecule has 0 aromatic rings. The van der Waals surface area contributed by atoms with Crippen molar-refractivity contribution < 1.29 is 14.6 Å². The van der Waals surface area contributed by atoms with Gasteiger partial charge in [-0.1, -0.05) is 0 Å². The third-order valence-electron chi connectivity index (χ3n) is 1.98. The van der Waals surface area contributed by atoms with Gasteiger partial charge in [0.1, 0.15) is 0 Å². The van der Waals surface area contributed by atoms with Gasteiger partial charge < -0.3 is 14.6 Å². The zero-order valence-electron chi connectivity index (χ0n) is 7.66. The molecule has 3 nitrogen and oxygen atoms in total. The van der Waals surface area contributed by atoms with Crippen molar-refractivity contribution in [2.75, 3.05) is 13.2 Å². The second-order valence-corrected chi connectivity index (χ2v) is 3.30. The molecule has 12 heavy (non-hydrogen) atoms. The molecular weight excluding hydrogens is 156 g/mol. The van der Waals surface area contributed by atoms with Crippen molar-refractivity contribution in [2.24, 2.45) is 0 Å². The Balaban J connectivity index is 1.98. The lowest BCUT2D eigenvalue weighted by Crippen LogP contribution is -2.23. The van der Waals surface area contributed by atoms with Crippen molar-refractivity contribution in [3.8, 4) is 0 Å². The fraction of sp³-hybridized carbons (Fsp3) is 1.00. The van der Waals surface area contributed by atoms with Gasteiger partial charge in [0.2, 0.25) is 0 Å². The van der Waals surface area contributed by atoms with Crippen molar-refractivity contribution in [3.63, 3.8) is 0 Å². The highest BCUT2D eigenvalue weighted by Crippen LogP contribution is 2.13. The highest BCUT2D eigenvalue weighted by atomic mass is 16.7. The highest BCUT2D eigenvalue weighted by molar-refractivity contribution is 4.54. The molecular formula is C9H18O3. The maximum Gasteiger partial charge on any atom is 0.157 e. The fourth-order valence-electron chi connectivity index (χ4n) is 1.21. The van der Waals surface area contributed by atoms with Crippen LogP contribution in [0.15, 0.2) is 0 Å². The lowest BCUT2D eigenvalue weighted by molar-refractivity contribution is -0.165. The van der Waals surface area contributed by atoms with E-state index >= 15 is 0 Å². The monoisotopic (exact) mass is 174 g/mol. The predicted octanol–water partition coefficient (Wildman–Crippen LogP) is 1.30. The Hall–Kier alpha value is -0.120. The first-order chi connectivity index (χ1) is 5.79. The molecule has 1 aliphatic rings. The van der Waals surface area contributed by atoms with E-state index in [4.69, 9.17) is 14.6 Å². The standard InChI is InChI=1S/C9H18O3/c1-8(10)5-7-12-9-4-2-3-6-11-9/h8-10H,2-7H2,1H3/t8?,9-/m0/s1. The van der Waals surface area contributed by atoms with Crippen LogP contribution in [0.5, 0.6) is 0 Å². The molecule has 1 rings (SSSR count). The van der Waals surface area contributed by atoms with Crippen LogP contribution in [0.2, 0.25) is 0 Å². The molecule has 0 amide bonds. The first-order valence-electron chi connectivity index (χ1n) is 4.70. The van der Waals surface area contributed by atoms with E-state index in [-0.39, 0.29) is 12.4 Å². The van der Waals surface area contributed by atoms with Gasteiger partial charge in [-0.05, 0) is 32.6 Å². The molecule has 1 fully saturated rings. The molecule has 1 heterocycles. The molecule has 1 unspecified atom stereocenters. The Labute approximate surface area is 73.7 Å². The van der Waals surface area contributed by atoms with Crippen LogP contribution in [0.4, 0.5) is 0 Å². The summed E-state index contributed by atoms with van der Waals surface area (Å²) < 4.78 is 10.8. The van der Waals surface area contributed by atoms with Crippen molar-refractivity contribution in [1.29, 1.82) is 0 Å². The predicted molar refractivity (Wildman–Crippen MR) is 45.8 cm³/mol. The van der Waals surface area contributed by atoms with Gasteiger partial charge in [-0.15, -0.1) is 0 Å². The van der Waals surface area contributed by atoms with E-state index in [1.54, 1.807) is 6.92 Å². The maximum atomic E-state index is 8.96. The van der Waals surface area contributed by atoms with Crippen LogP contribution < -0.4 is 0 Å². The first kappa shape index (κ1) is 9.96. The van der Waals surface area contributed by atoms with Crippen molar-refractivity contribution in [3.05, 3.63) is 0 Å². The van der Waals surface area contributed by atoms with E-state index in [1.165, 1.54) is 6.42 Å². The number of aliphatic hydroxyl groups is 1. The molecule has 0 aromatic carbocycles. The van der Waals surface area contributed by atoms with Crippen LogP contribution in [0.3, 0.4) is 0 Å². The zero-order valence-corrected chi connectivity index (χ0v) is 7.66. The fourth-order valence-corrected chi connectivity index (χ4v) is 1.21. The van der Waals surface area contributed by atoms with Crippen molar-refractivity contribution in [2.45, 2.75) is 45.0 Å². The van der Waals surface area contributed by atoms with Crippen LogP contribution in [0.25, 0.3) is 0 Å². The van der Waals surface area contributed by atoms with E-state index in [1.807, 2.05) is 0 Å². The summed E-state index contributed by atoms with van der Waals surface area (Å²) in [5.41, 5.74) is 0. The van der Waals surface area contributed by atoms with E-state index in [2.05, 4.69) is 0 Å². The van der Waals surface area contributed by atoms with Gasteiger partial charge in [0, 0.05) is 6.61 Å². The van der Waals surface area contributed by atoms with Gasteiger partial charge in [-0.25, -0.2) is 0 Å². The molecule has 0 aromatic heterocycles. The molecule has 0 aliphatic carbocycles. The van der Waals surface area contributed by atoms with Crippen LogP contribution in [-0.4, -0.2) is 30.7 Å². The first-order valence-corrected chi connectivity index (χ1v) is 4.70. The molecule has 3 heteroatoms. The van der Waals surface area contributed by atoms with Gasteiger partial charge in [0.25, 0.3) is 0 Å². The average Bonchev–Trinajstić information content (AvgIpc) is 2.05. The highest BCUT2D eigenvalue weighted by Gasteiger charge is 2.13. The second kappa shape index (κ2) is 5.51. The smallest absolute Gasteiger partial charge is 0.157 e. The summed E-state index contributed by atoms with van der Waals surface area (Å²) in [7, 11) is 0. The summed E-state index contributed by atoms with van der Waals surface area (Å²) in [5, 5.41) is 8.96. The van der Waals surface area contributed by atoms with E-state index < -0.39 is 0 Å². The Morgan fingerprint density at radius 3 is 3.00 bits per heavy atom. The van der Waals surface area contributed by atoms with Gasteiger partial charge in [-0.3, -0.25) is 0 Å². The van der Waals surface area contributed by atoms with E-state index in [9.17, 15) is 0 Å². The van der Waals surface area contributed by atoms with E-state index in [0.29, 0.717) is 13.0 Å². The molecule has 1 saturated heterocycles. The van der Waals surface area contributed by atoms with Crippen molar-refractivity contribution in [1.82, 2.24) is 0 Å². The lowest BCUT2D eigenvalue weighted by Gasteiger charge is -2.22. The molecule has 0 saturated carbocycles. The molecule has 2 atom stereocenters. The van der Waals surface area contributed by atoms with Gasteiger partial charge >= 0.3 is 0 Å². The van der Waals surface area contributed by atoms with Crippen LogP contribution in [0, 0.1) is 0 Å².